The van der Waals surface area contributed by atoms with Gasteiger partial charge in [0.25, 0.3) is 5.56 Å². The summed E-state index contributed by atoms with van der Waals surface area (Å²) in [6.45, 7) is 10.00. The van der Waals surface area contributed by atoms with Crippen molar-refractivity contribution < 1.29 is 9.53 Å². The van der Waals surface area contributed by atoms with Crippen LogP contribution in [-0.4, -0.2) is 33.0 Å². The van der Waals surface area contributed by atoms with Gasteiger partial charge >= 0.3 is 5.97 Å². The predicted molar refractivity (Wildman–Crippen MR) is 143 cm³/mol. The maximum atomic E-state index is 13.5. The van der Waals surface area contributed by atoms with Gasteiger partial charge < -0.3 is 9.30 Å². The van der Waals surface area contributed by atoms with Gasteiger partial charge in [0, 0.05) is 32.6 Å². The number of nitrogens with zero attached hydrogens (tertiary/aromatic N) is 4. The lowest BCUT2D eigenvalue weighted by Crippen LogP contribution is -2.24. The van der Waals surface area contributed by atoms with Crippen molar-refractivity contribution in [3.8, 4) is 0 Å². The van der Waals surface area contributed by atoms with Gasteiger partial charge in [0.2, 0.25) is 0 Å². The normalized spacial score (nSPS) is 13.5. The van der Waals surface area contributed by atoms with Gasteiger partial charge in [-0.1, -0.05) is 48.0 Å². The number of hydrogen-bond acceptors (Lipinski definition) is 5. The molecule has 182 valence electrons. The van der Waals surface area contributed by atoms with Crippen LogP contribution in [-0.2, 0) is 9.53 Å². The molecular weight excluding hydrogens is 508 g/mol. The summed E-state index contributed by atoms with van der Waals surface area (Å²) in [5, 5.41) is 6.10. The summed E-state index contributed by atoms with van der Waals surface area (Å²) in [7, 11) is 0. The van der Waals surface area contributed by atoms with Crippen molar-refractivity contribution in [1.29, 1.82) is 0 Å². The van der Waals surface area contributed by atoms with Crippen LogP contribution in [0, 0.1) is 6.92 Å². The maximum absolute atomic E-state index is 13.5. The van der Waals surface area contributed by atoms with Gasteiger partial charge in [-0.3, -0.25) is 4.79 Å². The van der Waals surface area contributed by atoms with Crippen LogP contribution in [0.25, 0.3) is 21.8 Å². The Hall–Kier alpha value is -3.26. The molecule has 7 nitrogen and oxygen atoms in total. The van der Waals surface area contributed by atoms with E-state index in [9.17, 15) is 9.59 Å². The number of carbonyl (C=O) groups is 1. The molecule has 8 heteroatoms. The first-order valence-corrected chi connectivity index (χ1v) is 12.6. The molecule has 0 bridgehead atoms. The molecule has 0 saturated carbocycles. The van der Waals surface area contributed by atoms with E-state index in [4.69, 9.17) is 9.72 Å². The van der Waals surface area contributed by atoms with Gasteiger partial charge in [-0.25, -0.2) is 9.78 Å². The molecule has 0 spiro atoms. The number of rotatable bonds is 7. The molecule has 2 atom stereocenters. The molecule has 0 aliphatic rings. The number of aromatic nitrogens is 3. The van der Waals surface area contributed by atoms with Gasteiger partial charge in [-0.2, -0.15) is 9.78 Å². The summed E-state index contributed by atoms with van der Waals surface area (Å²) < 4.78 is 9.45. The fraction of sp³-hybridized carbons (Fsp3) is 0.333. The van der Waals surface area contributed by atoms with Crippen LogP contribution in [0.4, 0.5) is 0 Å². The molecule has 0 radical (unpaired) electrons. The fourth-order valence-electron chi connectivity index (χ4n) is 4.34. The summed E-state index contributed by atoms with van der Waals surface area (Å²) in [4.78, 5) is 30.8. The summed E-state index contributed by atoms with van der Waals surface area (Å²) in [6, 6.07) is 12.8. The smallest absolute Gasteiger partial charge is 0.328 e. The predicted octanol–water partition coefficient (Wildman–Crippen LogP) is 5.94. The Morgan fingerprint density at radius 1 is 1.17 bits per heavy atom. The Kier molecular flexibility index (Phi) is 7.21. The van der Waals surface area contributed by atoms with Crippen LogP contribution in [0.15, 0.2) is 56.8 Å². The first-order chi connectivity index (χ1) is 16.8. The van der Waals surface area contributed by atoms with Crippen molar-refractivity contribution in [2.45, 2.75) is 53.0 Å². The standard InChI is InChI=1S/C27H29BrN4O3/c1-6-16(3)25-30-23-13-12-19(28)14-21(23)26(33)32(25)29-15-22-17(4)31(18(5)27(34)35-7-2)24-11-9-8-10-20(22)24/h8-16,18H,6-7H2,1-5H3/t16-,18-/m0/s1. The monoisotopic (exact) mass is 536 g/mol. The van der Waals surface area contributed by atoms with Crippen LogP contribution in [0.3, 0.4) is 0 Å². The number of esters is 1. The first-order valence-electron chi connectivity index (χ1n) is 11.8. The number of halogens is 1. The van der Waals surface area contributed by atoms with Gasteiger partial charge in [0.1, 0.15) is 11.9 Å². The molecule has 4 aromatic rings. The third-order valence-corrected chi connectivity index (χ3v) is 6.90. The number of fused-ring (bicyclic) bond motifs is 2. The van der Waals surface area contributed by atoms with Crippen LogP contribution in [0.2, 0.25) is 0 Å². The molecule has 0 fully saturated rings. The van der Waals surface area contributed by atoms with E-state index in [2.05, 4.69) is 28.0 Å². The molecule has 35 heavy (non-hydrogen) atoms. The molecule has 2 heterocycles. The van der Waals surface area contributed by atoms with Crippen LogP contribution in [0.5, 0.6) is 0 Å². The minimum atomic E-state index is -0.500. The quantitative estimate of drug-likeness (QED) is 0.216. The second-order valence-electron chi connectivity index (χ2n) is 8.62. The maximum Gasteiger partial charge on any atom is 0.328 e. The van der Waals surface area contributed by atoms with E-state index in [-0.39, 0.29) is 17.4 Å². The lowest BCUT2D eigenvalue weighted by atomic mass is 10.1. The number of benzene rings is 2. The van der Waals surface area contributed by atoms with E-state index in [1.807, 2.05) is 61.7 Å². The van der Waals surface area contributed by atoms with Crippen molar-refractivity contribution >= 4 is 49.9 Å². The molecule has 0 N–H and O–H groups in total. The van der Waals surface area contributed by atoms with Crippen LogP contribution >= 0.6 is 15.9 Å². The zero-order valence-corrected chi connectivity index (χ0v) is 22.2. The number of carbonyl (C=O) groups excluding carboxylic acids is 1. The van der Waals surface area contributed by atoms with E-state index in [1.165, 1.54) is 4.68 Å². The molecular formula is C27H29BrN4O3. The second kappa shape index (κ2) is 10.2. The van der Waals surface area contributed by atoms with E-state index >= 15 is 0 Å². The number of ether oxygens (including phenoxy) is 1. The van der Waals surface area contributed by atoms with Crippen LogP contribution < -0.4 is 5.56 Å². The highest BCUT2D eigenvalue weighted by Crippen LogP contribution is 2.29. The van der Waals surface area contributed by atoms with Crippen molar-refractivity contribution in [2.75, 3.05) is 6.61 Å². The lowest BCUT2D eigenvalue weighted by molar-refractivity contribution is -0.146. The SMILES string of the molecule is CCOC(=O)[C@H](C)n1c(C)c(C=Nn2c([C@@H](C)CC)nc3ccc(Br)cc3c2=O)c2ccccc21. The Morgan fingerprint density at radius 3 is 2.63 bits per heavy atom. The Balaban J connectivity index is 1.92. The fourth-order valence-corrected chi connectivity index (χ4v) is 4.70. The Bertz CT molecular complexity index is 1500. The van der Waals surface area contributed by atoms with Crippen LogP contribution in [0.1, 0.15) is 63.2 Å². The van der Waals surface area contributed by atoms with Crippen molar-refractivity contribution in [3.63, 3.8) is 0 Å². The molecule has 0 saturated heterocycles. The molecule has 2 aromatic carbocycles. The van der Waals surface area contributed by atoms with Gasteiger partial charge in [-0.15, -0.1) is 0 Å². The molecule has 0 amide bonds. The zero-order valence-electron chi connectivity index (χ0n) is 20.6. The molecule has 0 aliphatic carbocycles. The minimum absolute atomic E-state index is 0.0409. The first kappa shape index (κ1) is 24.9. The molecule has 0 unspecified atom stereocenters. The average molecular weight is 537 g/mol. The molecule has 2 aromatic heterocycles. The highest BCUT2D eigenvalue weighted by atomic mass is 79.9. The van der Waals surface area contributed by atoms with Crippen molar-refractivity contribution in [3.05, 3.63) is 74.4 Å². The summed E-state index contributed by atoms with van der Waals surface area (Å²) in [5.74, 6) is 0.364. The summed E-state index contributed by atoms with van der Waals surface area (Å²) in [5.41, 5.74) is 3.04. The highest BCUT2D eigenvalue weighted by molar-refractivity contribution is 9.10. The largest absolute Gasteiger partial charge is 0.464 e. The zero-order chi connectivity index (χ0) is 25.3. The second-order valence-corrected chi connectivity index (χ2v) is 9.53. The van der Waals surface area contributed by atoms with Gasteiger partial charge in [0.05, 0.1) is 23.7 Å². The van der Waals surface area contributed by atoms with E-state index < -0.39 is 6.04 Å². The van der Waals surface area contributed by atoms with Crippen molar-refractivity contribution in [1.82, 2.24) is 14.2 Å². The Labute approximate surface area is 212 Å². The lowest BCUT2D eigenvalue weighted by Gasteiger charge is -2.16. The third-order valence-electron chi connectivity index (χ3n) is 6.41. The van der Waals surface area contributed by atoms with Gasteiger partial charge in [0.15, 0.2) is 0 Å². The van der Waals surface area contributed by atoms with Crippen molar-refractivity contribution in [2.24, 2.45) is 5.10 Å². The summed E-state index contributed by atoms with van der Waals surface area (Å²) >= 11 is 3.45. The molecule has 4 rings (SSSR count). The van der Waals surface area contributed by atoms with E-state index in [1.54, 1.807) is 19.2 Å². The summed E-state index contributed by atoms with van der Waals surface area (Å²) in [6.07, 6.45) is 2.52. The third kappa shape index (κ3) is 4.55. The Morgan fingerprint density at radius 2 is 1.91 bits per heavy atom. The van der Waals surface area contributed by atoms with Gasteiger partial charge in [-0.05, 0) is 51.5 Å². The topological polar surface area (TPSA) is 78.5 Å². The van der Waals surface area contributed by atoms with E-state index in [0.717, 1.165) is 33.1 Å². The highest BCUT2D eigenvalue weighted by Gasteiger charge is 2.23. The number of hydrogen-bond donors (Lipinski definition) is 0. The molecule has 0 aliphatic heterocycles. The van der Waals surface area contributed by atoms with E-state index in [0.29, 0.717) is 23.3 Å². The number of para-hydroxylation sites is 1. The average Bonchev–Trinajstić information content (AvgIpc) is 3.13. The minimum Gasteiger partial charge on any atom is -0.464 e.